The zero-order valence-corrected chi connectivity index (χ0v) is 14.9. The molecule has 0 aliphatic heterocycles. The minimum atomic E-state index is 0.386. The van der Waals surface area contributed by atoms with Gasteiger partial charge in [-0.1, -0.05) is 44.0 Å². The van der Waals surface area contributed by atoms with E-state index in [1.165, 1.54) is 31.2 Å². The average molecular weight is 328 g/mol. The quantitative estimate of drug-likeness (QED) is 0.663. The molecule has 118 valence electrons. The van der Waals surface area contributed by atoms with Crippen LogP contribution in [0.4, 0.5) is 0 Å². The summed E-state index contributed by atoms with van der Waals surface area (Å²) in [6, 6.07) is 5.89. The smallest absolute Gasteiger partial charge is 0.0441 e. The summed E-state index contributed by atoms with van der Waals surface area (Å²) in [5, 5.41) is 5.24. The molecule has 1 saturated carbocycles. The first-order chi connectivity index (χ1) is 9.93. The molecule has 2 rings (SSSR count). The highest BCUT2D eigenvalue weighted by Gasteiger charge is 2.36. The van der Waals surface area contributed by atoms with Crippen LogP contribution in [-0.2, 0) is 0 Å². The van der Waals surface area contributed by atoms with Crippen molar-refractivity contribution in [2.45, 2.75) is 52.4 Å². The minimum Gasteiger partial charge on any atom is -0.316 e. The van der Waals surface area contributed by atoms with Crippen LogP contribution in [0.2, 0.25) is 10.0 Å². The summed E-state index contributed by atoms with van der Waals surface area (Å²) in [6.07, 6.45) is 4.92. The second kappa shape index (κ2) is 7.35. The van der Waals surface area contributed by atoms with Gasteiger partial charge < -0.3 is 5.32 Å². The molecule has 0 amide bonds. The Balaban J connectivity index is 2.22. The Morgan fingerprint density at radius 1 is 1.29 bits per heavy atom. The van der Waals surface area contributed by atoms with Crippen molar-refractivity contribution in [1.82, 2.24) is 5.32 Å². The maximum atomic E-state index is 6.47. The topological polar surface area (TPSA) is 12.0 Å². The van der Waals surface area contributed by atoms with E-state index >= 15 is 0 Å². The molecular formula is C18H27Cl2N. The Hall–Kier alpha value is -0.240. The van der Waals surface area contributed by atoms with Gasteiger partial charge >= 0.3 is 0 Å². The molecule has 0 spiro atoms. The molecule has 1 aromatic carbocycles. The molecule has 0 saturated heterocycles. The van der Waals surface area contributed by atoms with Crippen LogP contribution >= 0.6 is 23.2 Å². The lowest BCUT2D eigenvalue weighted by Crippen LogP contribution is -2.35. The normalized spacial score (nSPS) is 25.0. The van der Waals surface area contributed by atoms with Gasteiger partial charge in [-0.2, -0.15) is 0 Å². The molecule has 0 radical (unpaired) electrons. The number of halogens is 2. The van der Waals surface area contributed by atoms with E-state index in [9.17, 15) is 0 Å². The first-order valence-electron chi connectivity index (χ1n) is 8.08. The molecule has 1 aromatic rings. The van der Waals surface area contributed by atoms with Crippen LogP contribution < -0.4 is 5.32 Å². The highest BCUT2D eigenvalue weighted by Crippen LogP contribution is 2.48. The Morgan fingerprint density at radius 3 is 2.76 bits per heavy atom. The second-order valence-corrected chi connectivity index (χ2v) is 7.99. The predicted octanol–water partition coefficient (Wildman–Crippen LogP) is 5.90. The largest absolute Gasteiger partial charge is 0.316 e. The summed E-state index contributed by atoms with van der Waals surface area (Å²) in [5.74, 6) is 1.16. The fraction of sp³-hybridized carbons (Fsp3) is 0.667. The molecule has 0 bridgehead atoms. The SMILES string of the molecule is CCCNCC1CCC(C)(C)CC1c1cc(Cl)ccc1Cl. The van der Waals surface area contributed by atoms with Crippen molar-refractivity contribution in [3.05, 3.63) is 33.8 Å². The van der Waals surface area contributed by atoms with Crippen LogP contribution in [0.25, 0.3) is 0 Å². The van der Waals surface area contributed by atoms with Crippen LogP contribution in [-0.4, -0.2) is 13.1 Å². The first kappa shape index (κ1) is 17.1. The van der Waals surface area contributed by atoms with Crippen molar-refractivity contribution >= 4 is 23.2 Å². The minimum absolute atomic E-state index is 0.386. The number of hydrogen-bond acceptors (Lipinski definition) is 1. The van der Waals surface area contributed by atoms with E-state index < -0.39 is 0 Å². The van der Waals surface area contributed by atoms with Gasteiger partial charge in [0.25, 0.3) is 0 Å². The third-order valence-corrected chi connectivity index (χ3v) is 5.30. The zero-order chi connectivity index (χ0) is 15.5. The summed E-state index contributed by atoms with van der Waals surface area (Å²) < 4.78 is 0. The zero-order valence-electron chi connectivity index (χ0n) is 13.4. The second-order valence-electron chi connectivity index (χ2n) is 7.14. The molecule has 21 heavy (non-hydrogen) atoms. The molecule has 1 aliphatic rings. The van der Waals surface area contributed by atoms with Crippen molar-refractivity contribution in [2.24, 2.45) is 11.3 Å². The van der Waals surface area contributed by atoms with Crippen LogP contribution in [0.5, 0.6) is 0 Å². The summed E-state index contributed by atoms with van der Waals surface area (Å²) in [6.45, 7) is 9.12. The van der Waals surface area contributed by atoms with Crippen LogP contribution in [0.3, 0.4) is 0 Å². The van der Waals surface area contributed by atoms with Gasteiger partial charge in [-0.15, -0.1) is 0 Å². The predicted molar refractivity (Wildman–Crippen MR) is 93.5 cm³/mol. The van der Waals surface area contributed by atoms with E-state index in [0.29, 0.717) is 17.3 Å². The van der Waals surface area contributed by atoms with E-state index in [4.69, 9.17) is 23.2 Å². The van der Waals surface area contributed by atoms with Gasteiger partial charge in [0.05, 0.1) is 0 Å². The average Bonchev–Trinajstić information content (AvgIpc) is 2.43. The Bertz CT molecular complexity index is 470. The van der Waals surface area contributed by atoms with Crippen LogP contribution in [0, 0.1) is 11.3 Å². The maximum Gasteiger partial charge on any atom is 0.0441 e. The summed E-state index contributed by atoms with van der Waals surface area (Å²) in [5.41, 5.74) is 1.62. The maximum absolute atomic E-state index is 6.47. The molecule has 2 atom stereocenters. The molecule has 0 aromatic heterocycles. The van der Waals surface area contributed by atoms with Gasteiger partial charge in [0.2, 0.25) is 0 Å². The van der Waals surface area contributed by atoms with Gasteiger partial charge in [-0.05, 0) is 79.8 Å². The number of rotatable bonds is 5. The fourth-order valence-electron chi connectivity index (χ4n) is 3.51. The highest BCUT2D eigenvalue weighted by molar-refractivity contribution is 6.33. The first-order valence-corrected chi connectivity index (χ1v) is 8.84. The fourth-order valence-corrected chi connectivity index (χ4v) is 3.95. The molecule has 0 heterocycles. The van der Waals surface area contributed by atoms with E-state index in [1.807, 2.05) is 12.1 Å². The third kappa shape index (κ3) is 4.61. The van der Waals surface area contributed by atoms with E-state index in [2.05, 4.69) is 32.2 Å². The number of benzene rings is 1. The van der Waals surface area contributed by atoms with Gasteiger partial charge in [-0.25, -0.2) is 0 Å². The lowest BCUT2D eigenvalue weighted by atomic mass is 9.65. The van der Waals surface area contributed by atoms with E-state index in [1.54, 1.807) is 0 Å². The molecule has 1 fully saturated rings. The third-order valence-electron chi connectivity index (χ3n) is 4.72. The molecule has 1 aliphatic carbocycles. The summed E-state index contributed by atoms with van der Waals surface area (Å²) in [4.78, 5) is 0. The van der Waals surface area contributed by atoms with Crippen molar-refractivity contribution in [3.63, 3.8) is 0 Å². The van der Waals surface area contributed by atoms with E-state index in [-0.39, 0.29) is 0 Å². The van der Waals surface area contributed by atoms with Crippen molar-refractivity contribution in [1.29, 1.82) is 0 Å². The van der Waals surface area contributed by atoms with Crippen molar-refractivity contribution in [2.75, 3.05) is 13.1 Å². The standard InChI is InChI=1S/C18H27Cl2N/c1-4-9-21-12-13-7-8-18(2,3)11-16(13)15-10-14(19)5-6-17(15)20/h5-6,10,13,16,21H,4,7-9,11-12H2,1-3H3. The number of nitrogens with one attached hydrogen (secondary N) is 1. The molecule has 2 unspecified atom stereocenters. The van der Waals surface area contributed by atoms with Gasteiger partial charge in [0, 0.05) is 10.0 Å². The number of hydrogen-bond donors (Lipinski definition) is 1. The van der Waals surface area contributed by atoms with Gasteiger partial charge in [0.15, 0.2) is 0 Å². The Morgan fingerprint density at radius 2 is 2.05 bits per heavy atom. The lowest BCUT2D eigenvalue weighted by molar-refractivity contribution is 0.160. The molecule has 3 heteroatoms. The highest BCUT2D eigenvalue weighted by atomic mass is 35.5. The van der Waals surface area contributed by atoms with Crippen molar-refractivity contribution in [3.8, 4) is 0 Å². The molecule has 1 N–H and O–H groups in total. The van der Waals surface area contributed by atoms with Crippen LogP contribution in [0.15, 0.2) is 18.2 Å². The van der Waals surface area contributed by atoms with Gasteiger partial charge in [-0.3, -0.25) is 0 Å². The van der Waals surface area contributed by atoms with Crippen LogP contribution in [0.1, 0.15) is 57.9 Å². The van der Waals surface area contributed by atoms with E-state index in [0.717, 1.165) is 23.1 Å². The summed E-state index contributed by atoms with van der Waals surface area (Å²) >= 11 is 12.7. The molecule has 1 nitrogen and oxygen atoms in total. The Labute approximate surface area is 139 Å². The van der Waals surface area contributed by atoms with Gasteiger partial charge in [0.1, 0.15) is 0 Å². The van der Waals surface area contributed by atoms with Crippen molar-refractivity contribution < 1.29 is 0 Å². The Kier molecular flexibility index (Phi) is 5.99. The lowest BCUT2D eigenvalue weighted by Gasteiger charge is -2.41. The monoisotopic (exact) mass is 327 g/mol. The summed E-state index contributed by atoms with van der Waals surface area (Å²) in [7, 11) is 0. The molecular weight excluding hydrogens is 301 g/mol.